The van der Waals surface area contributed by atoms with Crippen LogP contribution in [0.4, 0.5) is 22.0 Å². The molecule has 3 aromatic rings. The lowest BCUT2D eigenvalue weighted by Gasteiger charge is -2.34. The number of anilines is 2. The molecule has 0 saturated carbocycles. The Bertz CT molecular complexity index is 1290. The molecule has 2 amide bonds. The number of nitrogens with one attached hydrogen (secondary N) is 1. The number of nitro groups is 1. The number of hydrogen-bond donors (Lipinski definition) is 1. The molecule has 0 spiro atoms. The molecule has 0 unspecified atom stereocenters. The second-order valence-electron chi connectivity index (χ2n) is 8.88. The van der Waals surface area contributed by atoms with E-state index in [9.17, 15) is 14.9 Å². The maximum atomic E-state index is 13.1. The molecule has 2 aliphatic heterocycles. The lowest BCUT2D eigenvalue weighted by Crippen LogP contribution is -2.42. The molecule has 1 N–H and O–H groups in total. The van der Waals surface area contributed by atoms with Crippen LogP contribution < -0.4 is 15.0 Å². The van der Waals surface area contributed by atoms with Gasteiger partial charge in [-0.2, -0.15) is 0 Å². The highest BCUT2D eigenvalue weighted by molar-refractivity contribution is 5.89. The summed E-state index contributed by atoms with van der Waals surface area (Å²) in [6.45, 7) is 3.53. The Morgan fingerprint density at radius 1 is 1.11 bits per heavy atom. The third kappa shape index (κ3) is 5.46. The highest BCUT2D eigenvalue weighted by atomic mass is 16.6. The molecule has 3 heterocycles. The molecule has 2 aliphatic rings. The van der Waals surface area contributed by atoms with Crippen LogP contribution in [-0.4, -0.2) is 65.8 Å². The highest BCUT2D eigenvalue weighted by Crippen LogP contribution is 2.29. The van der Waals surface area contributed by atoms with Crippen LogP contribution in [-0.2, 0) is 24.1 Å². The number of nitro benzene ring substituents is 1. The van der Waals surface area contributed by atoms with E-state index in [1.54, 1.807) is 12.0 Å². The van der Waals surface area contributed by atoms with E-state index >= 15 is 0 Å². The van der Waals surface area contributed by atoms with E-state index in [0.717, 1.165) is 28.4 Å². The summed E-state index contributed by atoms with van der Waals surface area (Å²) < 4.78 is 11.1. The van der Waals surface area contributed by atoms with Crippen LogP contribution in [0.15, 0.2) is 48.5 Å². The van der Waals surface area contributed by atoms with Gasteiger partial charge in [0, 0.05) is 61.4 Å². The van der Waals surface area contributed by atoms with Gasteiger partial charge in [0.1, 0.15) is 17.4 Å². The van der Waals surface area contributed by atoms with Crippen molar-refractivity contribution in [3.8, 4) is 5.75 Å². The third-order valence-corrected chi connectivity index (χ3v) is 6.55. The summed E-state index contributed by atoms with van der Waals surface area (Å²) in [6, 6.07) is 13.4. The van der Waals surface area contributed by atoms with E-state index in [1.807, 2.05) is 24.3 Å². The number of aromatic nitrogens is 2. The van der Waals surface area contributed by atoms with Crippen LogP contribution in [0.1, 0.15) is 22.6 Å². The van der Waals surface area contributed by atoms with E-state index < -0.39 is 4.92 Å². The van der Waals surface area contributed by atoms with Gasteiger partial charge in [-0.3, -0.25) is 10.1 Å². The fraction of sp³-hybridized carbons (Fsp3) is 0.346. The Balaban J connectivity index is 1.39. The van der Waals surface area contributed by atoms with Gasteiger partial charge < -0.3 is 24.6 Å². The minimum absolute atomic E-state index is 0.0267. The number of non-ortho nitro benzene ring substituents is 1. The van der Waals surface area contributed by atoms with Gasteiger partial charge in [-0.1, -0.05) is 18.2 Å². The van der Waals surface area contributed by atoms with Crippen molar-refractivity contribution in [3.05, 3.63) is 81.3 Å². The summed E-state index contributed by atoms with van der Waals surface area (Å²) >= 11 is 0. The van der Waals surface area contributed by atoms with Crippen molar-refractivity contribution in [2.45, 2.75) is 19.4 Å². The first-order valence-corrected chi connectivity index (χ1v) is 12.2. The number of carbonyl (C=O) groups excluding carboxylic acids is 1. The summed E-state index contributed by atoms with van der Waals surface area (Å²) in [6.07, 6.45) is 1.14. The Morgan fingerprint density at radius 3 is 2.59 bits per heavy atom. The van der Waals surface area contributed by atoms with Gasteiger partial charge in [0.25, 0.3) is 5.69 Å². The van der Waals surface area contributed by atoms with Crippen molar-refractivity contribution >= 4 is 23.2 Å². The zero-order valence-electron chi connectivity index (χ0n) is 20.6. The number of hydrogen-bond acceptors (Lipinski definition) is 8. The monoisotopic (exact) mass is 504 g/mol. The molecule has 0 atom stereocenters. The molecule has 5 rings (SSSR count). The Kier molecular flexibility index (Phi) is 7.13. The summed E-state index contributed by atoms with van der Waals surface area (Å²) in [5.41, 5.74) is 3.37. The quantitative estimate of drug-likeness (QED) is 0.400. The third-order valence-electron chi connectivity index (χ3n) is 6.55. The van der Waals surface area contributed by atoms with E-state index in [0.29, 0.717) is 63.7 Å². The SMILES string of the molecule is COc1ccccc1Cc1nc2c(c(N3CCOCC3)n1)CN(C(=O)Nc1ccc([N+](=O)[O-])cc1)CC2. The standard InChI is InChI=1S/C26H28N6O5/c1-36-23-5-3-2-4-18(23)16-24-28-22-10-11-31(17-21(22)25(29-24)30-12-14-37-15-13-30)26(33)27-19-6-8-20(9-7-19)32(34)35/h2-9H,10-17H2,1H3,(H,27,33). The average molecular weight is 505 g/mol. The van der Waals surface area contributed by atoms with E-state index in [4.69, 9.17) is 19.4 Å². The molecular weight excluding hydrogens is 476 g/mol. The van der Waals surface area contributed by atoms with Crippen molar-refractivity contribution in [1.82, 2.24) is 14.9 Å². The maximum Gasteiger partial charge on any atom is 0.322 e. The second-order valence-corrected chi connectivity index (χ2v) is 8.88. The molecular formula is C26H28N6O5. The Hall–Kier alpha value is -4.25. The number of carbonyl (C=O) groups is 1. The van der Waals surface area contributed by atoms with E-state index in [2.05, 4.69) is 10.2 Å². The Morgan fingerprint density at radius 2 is 1.86 bits per heavy atom. The number of rotatable bonds is 6. The minimum atomic E-state index is -0.470. The lowest BCUT2D eigenvalue weighted by molar-refractivity contribution is -0.384. The number of morpholine rings is 1. The summed E-state index contributed by atoms with van der Waals surface area (Å²) in [5, 5.41) is 13.7. The summed E-state index contributed by atoms with van der Waals surface area (Å²) in [4.78, 5) is 37.3. The first kappa shape index (κ1) is 24.4. The van der Waals surface area contributed by atoms with Gasteiger partial charge in [0.05, 0.1) is 37.5 Å². The number of benzene rings is 2. The summed E-state index contributed by atoms with van der Waals surface area (Å²) in [7, 11) is 1.65. The molecule has 192 valence electrons. The van der Waals surface area contributed by atoms with Crippen molar-refractivity contribution in [2.24, 2.45) is 0 Å². The van der Waals surface area contributed by atoms with E-state index in [-0.39, 0.29) is 11.7 Å². The van der Waals surface area contributed by atoms with Gasteiger partial charge in [-0.05, 0) is 18.2 Å². The second kappa shape index (κ2) is 10.8. The fourth-order valence-electron chi connectivity index (χ4n) is 4.62. The topological polar surface area (TPSA) is 123 Å². The van der Waals surface area contributed by atoms with Crippen LogP contribution in [0.5, 0.6) is 5.75 Å². The molecule has 0 bridgehead atoms. The number of methoxy groups -OCH3 is 1. The predicted molar refractivity (Wildman–Crippen MR) is 137 cm³/mol. The minimum Gasteiger partial charge on any atom is -0.496 e. The normalized spacial score (nSPS) is 15.2. The zero-order valence-corrected chi connectivity index (χ0v) is 20.6. The first-order valence-electron chi connectivity index (χ1n) is 12.2. The molecule has 11 heteroatoms. The fourth-order valence-corrected chi connectivity index (χ4v) is 4.62. The van der Waals surface area contributed by atoms with Crippen molar-refractivity contribution in [1.29, 1.82) is 0 Å². The molecule has 11 nitrogen and oxygen atoms in total. The molecule has 1 aromatic heterocycles. The first-order chi connectivity index (χ1) is 18.0. The molecule has 0 aliphatic carbocycles. The number of amides is 2. The van der Waals surface area contributed by atoms with Crippen molar-refractivity contribution in [2.75, 3.05) is 50.2 Å². The van der Waals surface area contributed by atoms with E-state index in [1.165, 1.54) is 24.3 Å². The van der Waals surface area contributed by atoms with Crippen LogP contribution in [0.3, 0.4) is 0 Å². The molecule has 37 heavy (non-hydrogen) atoms. The largest absolute Gasteiger partial charge is 0.496 e. The van der Waals surface area contributed by atoms with Gasteiger partial charge in [-0.25, -0.2) is 14.8 Å². The molecule has 0 radical (unpaired) electrons. The van der Waals surface area contributed by atoms with Crippen LogP contribution in [0.25, 0.3) is 0 Å². The van der Waals surface area contributed by atoms with Gasteiger partial charge in [-0.15, -0.1) is 0 Å². The van der Waals surface area contributed by atoms with Crippen LogP contribution in [0, 0.1) is 10.1 Å². The van der Waals surface area contributed by atoms with Gasteiger partial charge in [0.15, 0.2) is 0 Å². The number of para-hydroxylation sites is 1. The lowest BCUT2D eigenvalue weighted by atomic mass is 10.0. The number of fused-ring (bicyclic) bond motifs is 1. The van der Waals surface area contributed by atoms with Crippen LogP contribution >= 0.6 is 0 Å². The van der Waals surface area contributed by atoms with Crippen LogP contribution in [0.2, 0.25) is 0 Å². The highest BCUT2D eigenvalue weighted by Gasteiger charge is 2.28. The molecule has 2 aromatic carbocycles. The number of urea groups is 1. The smallest absolute Gasteiger partial charge is 0.322 e. The number of ether oxygens (including phenoxy) is 2. The average Bonchev–Trinajstić information content (AvgIpc) is 2.93. The van der Waals surface area contributed by atoms with Crippen molar-refractivity contribution in [3.63, 3.8) is 0 Å². The number of nitrogens with zero attached hydrogens (tertiary/aromatic N) is 5. The van der Waals surface area contributed by atoms with Crippen molar-refractivity contribution < 1.29 is 19.2 Å². The summed E-state index contributed by atoms with van der Waals surface area (Å²) in [5.74, 6) is 2.35. The zero-order chi connectivity index (χ0) is 25.8. The predicted octanol–water partition coefficient (Wildman–Crippen LogP) is 3.41. The Labute approximate surface area is 214 Å². The molecule has 1 saturated heterocycles. The van der Waals surface area contributed by atoms with Gasteiger partial charge >= 0.3 is 6.03 Å². The molecule has 1 fully saturated rings. The van der Waals surface area contributed by atoms with Gasteiger partial charge in [0.2, 0.25) is 0 Å². The maximum absolute atomic E-state index is 13.1.